The number of aliphatic hydroxyl groups excluding tert-OH is 1. The number of aliphatic hydroxyl groups is 1. The van der Waals surface area contributed by atoms with Crippen molar-refractivity contribution in [3.05, 3.63) is 0 Å². The number of unbranched alkanes of at least 4 members (excludes halogenated alkanes) is 1. The average Bonchev–Trinajstić information content (AvgIpc) is 2.16. The largest absolute Gasteiger partial charge is 1.00 e. The van der Waals surface area contributed by atoms with Crippen LogP contribution in [0.15, 0.2) is 0 Å². The first-order valence-corrected chi connectivity index (χ1v) is 7.51. The standard InChI is InChI=1S/C11H24O4S.K/c1-3-5-7-11(16(13,14)15)9-8-10(12)6-4-2;/h10-12H,3-9H2,1-2H3,(H,13,14,15);/q;+1/p-1. The van der Waals surface area contributed by atoms with Gasteiger partial charge in [-0.15, -0.1) is 0 Å². The zero-order valence-corrected chi connectivity index (χ0v) is 15.1. The molecule has 0 aromatic rings. The molecule has 0 spiro atoms. The van der Waals surface area contributed by atoms with Gasteiger partial charge in [0.05, 0.1) is 16.2 Å². The fourth-order valence-corrected chi connectivity index (χ4v) is 2.60. The van der Waals surface area contributed by atoms with Gasteiger partial charge in [-0.3, -0.25) is 0 Å². The summed E-state index contributed by atoms with van der Waals surface area (Å²) in [7, 11) is -4.21. The van der Waals surface area contributed by atoms with E-state index in [2.05, 4.69) is 0 Å². The fourth-order valence-electron chi connectivity index (χ4n) is 1.72. The minimum absolute atomic E-state index is 0. The van der Waals surface area contributed by atoms with Gasteiger partial charge >= 0.3 is 51.4 Å². The van der Waals surface area contributed by atoms with Crippen molar-refractivity contribution in [3.63, 3.8) is 0 Å². The molecule has 0 heterocycles. The Morgan fingerprint density at radius 3 is 2.06 bits per heavy atom. The van der Waals surface area contributed by atoms with Gasteiger partial charge in [0.15, 0.2) is 0 Å². The van der Waals surface area contributed by atoms with E-state index in [1.165, 1.54) is 0 Å². The van der Waals surface area contributed by atoms with Crippen molar-refractivity contribution in [1.29, 1.82) is 0 Å². The van der Waals surface area contributed by atoms with E-state index in [0.717, 1.165) is 19.3 Å². The van der Waals surface area contributed by atoms with Crippen LogP contribution in [-0.2, 0) is 10.1 Å². The molecule has 17 heavy (non-hydrogen) atoms. The van der Waals surface area contributed by atoms with Crippen LogP contribution in [0.3, 0.4) is 0 Å². The Labute approximate surface area is 148 Å². The normalized spacial score (nSPS) is 15.1. The Morgan fingerprint density at radius 1 is 1.06 bits per heavy atom. The van der Waals surface area contributed by atoms with Gasteiger partial charge in [0, 0.05) is 5.25 Å². The Balaban J connectivity index is 0. The van der Waals surface area contributed by atoms with Crippen molar-refractivity contribution in [2.45, 2.75) is 70.1 Å². The molecule has 1 N–H and O–H groups in total. The molecule has 0 radical (unpaired) electrons. The van der Waals surface area contributed by atoms with E-state index in [9.17, 15) is 18.1 Å². The van der Waals surface area contributed by atoms with E-state index in [0.29, 0.717) is 19.3 Å². The summed E-state index contributed by atoms with van der Waals surface area (Å²) in [6, 6.07) is 0. The quantitative estimate of drug-likeness (QED) is 0.438. The van der Waals surface area contributed by atoms with Crippen molar-refractivity contribution in [2.75, 3.05) is 0 Å². The summed E-state index contributed by atoms with van der Waals surface area (Å²) in [5.74, 6) is 0. The first-order chi connectivity index (χ1) is 7.41. The average molecular weight is 290 g/mol. The van der Waals surface area contributed by atoms with Crippen LogP contribution in [0.5, 0.6) is 0 Å². The maximum atomic E-state index is 11.0. The second kappa shape index (κ2) is 11.3. The topological polar surface area (TPSA) is 77.4 Å². The molecule has 6 heteroatoms. The molecule has 0 rings (SSSR count). The van der Waals surface area contributed by atoms with Crippen molar-refractivity contribution in [3.8, 4) is 0 Å². The zero-order chi connectivity index (χ0) is 12.6. The minimum atomic E-state index is -4.21. The van der Waals surface area contributed by atoms with Crippen molar-refractivity contribution in [1.82, 2.24) is 0 Å². The van der Waals surface area contributed by atoms with Crippen LogP contribution >= 0.6 is 0 Å². The molecule has 0 saturated heterocycles. The van der Waals surface area contributed by atoms with Gasteiger partial charge in [-0.2, -0.15) is 0 Å². The monoisotopic (exact) mass is 290 g/mol. The summed E-state index contributed by atoms with van der Waals surface area (Å²) in [6.45, 7) is 3.92. The van der Waals surface area contributed by atoms with Gasteiger partial charge in [-0.25, -0.2) is 8.42 Å². The summed E-state index contributed by atoms with van der Waals surface area (Å²) in [5, 5.41) is 8.67. The maximum Gasteiger partial charge on any atom is 1.00 e. The van der Waals surface area contributed by atoms with Crippen LogP contribution in [0.2, 0.25) is 0 Å². The van der Waals surface area contributed by atoms with Crippen LogP contribution in [0.1, 0.15) is 58.8 Å². The smallest absolute Gasteiger partial charge is 0.748 e. The fraction of sp³-hybridized carbons (Fsp3) is 1.00. The van der Waals surface area contributed by atoms with E-state index >= 15 is 0 Å². The van der Waals surface area contributed by atoms with Crippen LogP contribution < -0.4 is 51.4 Å². The predicted molar refractivity (Wildman–Crippen MR) is 63.2 cm³/mol. The van der Waals surface area contributed by atoms with Gasteiger partial charge in [0.1, 0.15) is 0 Å². The molecule has 0 aromatic heterocycles. The summed E-state index contributed by atoms with van der Waals surface area (Å²) in [4.78, 5) is 0. The molecule has 2 unspecified atom stereocenters. The molecule has 0 aromatic carbocycles. The first-order valence-electron chi connectivity index (χ1n) is 6.04. The van der Waals surface area contributed by atoms with Crippen molar-refractivity contribution < 1.29 is 69.5 Å². The van der Waals surface area contributed by atoms with E-state index in [4.69, 9.17) is 0 Å². The second-order valence-electron chi connectivity index (χ2n) is 4.28. The molecule has 0 aliphatic carbocycles. The molecular formula is C11H23KO4S. The molecule has 4 nitrogen and oxygen atoms in total. The van der Waals surface area contributed by atoms with E-state index < -0.39 is 21.5 Å². The Hall–Kier alpha value is 1.51. The zero-order valence-electron chi connectivity index (χ0n) is 11.2. The SMILES string of the molecule is CCCCC(CCC(O)CCC)S(=O)(=O)[O-].[K+]. The molecule has 0 aliphatic rings. The summed E-state index contributed by atoms with van der Waals surface area (Å²) in [5.41, 5.74) is 0. The molecule has 2 atom stereocenters. The molecule has 0 fully saturated rings. The maximum absolute atomic E-state index is 11.0. The van der Waals surface area contributed by atoms with Gasteiger partial charge in [0.25, 0.3) is 0 Å². The Bertz CT molecular complexity index is 267. The molecular weight excluding hydrogens is 267 g/mol. The van der Waals surface area contributed by atoms with Gasteiger partial charge < -0.3 is 9.66 Å². The van der Waals surface area contributed by atoms with Gasteiger partial charge in [0.2, 0.25) is 0 Å². The third-order valence-corrected chi connectivity index (χ3v) is 4.02. The van der Waals surface area contributed by atoms with Crippen LogP contribution in [0.4, 0.5) is 0 Å². The first kappa shape index (κ1) is 20.8. The van der Waals surface area contributed by atoms with Gasteiger partial charge in [-0.1, -0.05) is 33.1 Å². The third kappa shape index (κ3) is 11.1. The molecule has 0 aliphatic heterocycles. The van der Waals surface area contributed by atoms with Crippen molar-refractivity contribution >= 4 is 10.1 Å². The summed E-state index contributed by atoms with van der Waals surface area (Å²) < 4.78 is 32.9. The number of hydrogen-bond donors (Lipinski definition) is 1. The van der Waals surface area contributed by atoms with Crippen LogP contribution in [0.25, 0.3) is 0 Å². The second-order valence-corrected chi connectivity index (χ2v) is 5.93. The Morgan fingerprint density at radius 2 is 1.65 bits per heavy atom. The number of rotatable bonds is 9. The molecule has 0 bridgehead atoms. The summed E-state index contributed by atoms with van der Waals surface area (Å²) in [6.07, 6.45) is 3.79. The van der Waals surface area contributed by atoms with Crippen LogP contribution in [-0.4, -0.2) is 29.4 Å². The van der Waals surface area contributed by atoms with Crippen molar-refractivity contribution in [2.24, 2.45) is 0 Å². The predicted octanol–water partition coefficient (Wildman–Crippen LogP) is -0.964. The van der Waals surface area contributed by atoms with Crippen LogP contribution in [0, 0.1) is 0 Å². The summed E-state index contributed by atoms with van der Waals surface area (Å²) >= 11 is 0. The third-order valence-electron chi connectivity index (χ3n) is 2.73. The molecule has 98 valence electrons. The minimum Gasteiger partial charge on any atom is -0.748 e. The molecule has 0 amide bonds. The van der Waals surface area contributed by atoms with E-state index in [1.807, 2.05) is 13.8 Å². The Kier molecular flexibility index (Phi) is 13.9. The van der Waals surface area contributed by atoms with Gasteiger partial charge in [-0.05, 0) is 25.7 Å². The van der Waals surface area contributed by atoms with E-state index in [1.54, 1.807) is 0 Å². The van der Waals surface area contributed by atoms with E-state index in [-0.39, 0.29) is 57.8 Å². The number of hydrogen-bond acceptors (Lipinski definition) is 4. The molecule has 0 saturated carbocycles.